The highest BCUT2D eigenvalue weighted by Gasteiger charge is 2.59. The molecule has 0 spiro atoms. The van der Waals surface area contributed by atoms with Crippen LogP contribution >= 0.6 is 102 Å². The van der Waals surface area contributed by atoms with Gasteiger partial charge in [0.2, 0.25) is 0 Å². The van der Waals surface area contributed by atoms with Crippen molar-refractivity contribution >= 4 is 166 Å². The molecule has 0 radical (unpaired) electrons. The molecule has 46 heteroatoms. The number of carbonyl (C=O) groups excluding carboxylic acids is 4. The van der Waals surface area contributed by atoms with Crippen LogP contribution in [0.1, 0.15) is 172 Å². The van der Waals surface area contributed by atoms with Gasteiger partial charge in [-0.15, -0.1) is 0 Å². The van der Waals surface area contributed by atoms with Crippen molar-refractivity contribution in [3.8, 4) is 0 Å². The lowest BCUT2D eigenvalue weighted by Gasteiger charge is -2.34. The number of hydrogen-bond acceptors (Lipinski definition) is 26. The van der Waals surface area contributed by atoms with E-state index in [2.05, 4.69) is 122 Å². The molecule has 784 valence electrons. The molecule has 0 saturated carbocycles. The summed E-state index contributed by atoms with van der Waals surface area (Å²) >= 11 is 16.8. The summed E-state index contributed by atoms with van der Waals surface area (Å²) in [6.45, 7) is 14.0. The molecule has 1 aliphatic rings. The van der Waals surface area contributed by atoms with Crippen molar-refractivity contribution in [3.63, 3.8) is 0 Å². The van der Waals surface area contributed by atoms with E-state index in [-0.39, 0.29) is 123 Å². The van der Waals surface area contributed by atoms with Gasteiger partial charge in [0.25, 0.3) is 0 Å². The number of fused-ring (bicyclic) bond motifs is 6. The van der Waals surface area contributed by atoms with Gasteiger partial charge >= 0.3 is 69.9 Å². The number of aromatic carboxylic acids is 2. The van der Waals surface area contributed by atoms with Crippen molar-refractivity contribution in [1.82, 2.24) is 56.5 Å². The molecule has 11 aromatic heterocycles. The van der Waals surface area contributed by atoms with Gasteiger partial charge in [-0.25, -0.2) is 58.7 Å². The number of carbonyl (C=O) groups is 6. The molecule has 0 aliphatic carbocycles. The largest absolute Gasteiger partial charge is 0.476 e. The number of halogens is 9. The Kier molecular flexibility index (Phi) is 45.2. The maximum absolute atomic E-state index is 15.0. The van der Waals surface area contributed by atoms with Crippen LogP contribution in [-0.2, 0) is 122 Å². The molecule has 1 aliphatic heterocycles. The smallest absolute Gasteiger partial charge is 0.404 e. The molecule has 1 unspecified atom stereocenters. The van der Waals surface area contributed by atoms with Crippen LogP contribution in [0.25, 0.3) is 28.2 Å². The molecule has 0 saturated heterocycles. The first-order chi connectivity index (χ1) is 70.9. The fraction of sp³-hybridized carbons (Fsp3) is 0.275. The zero-order valence-corrected chi connectivity index (χ0v) is 92.0. The summed E-state index contributed by atoms with van der Waals surface area (Å²) in [4.78, 5) is 95.5. The monoisotopic (exact) mass is 2410 g/mol. The Labute approximate surface area is 891 Å². The minimum atomic E-state index is -4.76. The Morgan fingerprint density at radius 2 is 0.736 bits per heavy atom. The van der Waals surface area contributed by atoms with Crippen LogP contribution in [0.4, 0.5) is 17.6 Å². The van der Waals surface area contributed by atoms with Crippen molar-refractivity contribution in [1.29, 1.82) is 0 Å². The second-order valence-electron chi connectivity index (χ2n) is 31.6. The fourth-order valence-corrected chi connectivity index (χ4v) is 21.4. The van der Waals surface area contributed by atoms with Gasteiger partial charge in [-0.3, -0.25) is 26.9 Å². The lowest BCUT2D eigenvalue weighted by molar-refractivity contribution is -0.0216. The van der Waals surface area contributed by atoms with Gasteiger partial charge in [0.05, 0.1) is 45.8 Å². The number of ether oxygens (including phenoxy) is 4. The molecule has 16 aromatic rings. The maximum Gasteiger partial charge on any atom is 0.404 e. The predicted octanol–water partition coefficient (Wildman–Crippen LogP) is 24.9. The van der Waals surface area contributed by atoms with Crippen LogP contribution in [0.15, 0.2) is 276 Å². The molecule has 17 rings (SSSR count). The molecule has 5 aromatic carbocycles. The van der Waals surface area contributed by atoms with Crippen LogP contribution in [0.3, 0.4) is 0 Å². The van der Waals surface area contributed by atoms with Crippen molar-refractivity contribution in [2.24, 2.45) is 5.92 Å². The second kappa shape index (κ2) is 56.7. The molecule has 0 bridgehead atoms. The van der Waals surface area contributed by atoms with Gasteiger partial charge in [0, 0.05) is 91.8 Å². The van der Waals surface area contributed by atoms with E-state index < -0.39 is 81.4 Å². The summed E-state index contributed by atoms with van der Waals surface area (Å²) in [5, 5.41) is 26.3. The molecule has 0 fully saturated rings. The van der Waals surface area contributed by atoms with Crippen LogP contribution in [0.5, 0.6) is 0 Å². The summed E-state index contributed by atoms with van der Waals surface area (Å²) in [5.41, 5.74) is 4.00. The number of carboxylic acids is 2. The number of aromatic nitrogens is 12. The Morgan fingerprint density at radius 1 is 0.392 bits per heavy atom. The Morgan fingerprint density at radius 3 is 1.12 bits per heavy atom. The molecular weight excluding hydrogens is 2310 g/mol. The van der Waals surface area contributed by atoms with Crippen LogP contribution in [-0.4, -0.2) is 160 Å². The van der Waals surface area contributed by atoms with Crippen LogP contribution < -0.4 is 0 Å². The first kappa shape index (κ1) is 118. The van der Waals surface area contributed by atoms with Gasteiger partial charge in [-0.2, -0.15) is 17.6 Å². The Bertz CT molecular complexity index is 7270. The minimum Gasteiger partial charge on any atom is -0.476 e. The van der Waals surface area contributed by atoms with E-state index in [1.165, 1.54) is 60.8 Å². The number of aryl methyl sites for hydroxylation is 3. The van der Waals surface area contributed by atoms with Gasteiger partial charge in [0.15, 0.2) is 34.2 Å². The van der Waals surface area contributed by atoms with E-state index in [4.69, 9.17) is 61.4 Å². The van der Waals surface area contributed by atoms with E-state index in [0.717, 1.165) is 80.1 Å². The number of esters is 4. The third-order valence-electron chi connectivity index (χ3n) is 21.1. The standard InChI is InChI=1S/C20H20BrF2N2O5P.C20H22BrN2O5P.C16H12Br2N2O2.C16H14N2O2.C13H19F2N2O5P.C9H8N2O2.C7H7Br.CH4O/c1-3-29-31(27,30-4-2)20(22,23)15-10-11-25-16(12-15)24-17(18(25)21)19(26)28-13-14-8-6-5-7-9-14;1-3-27-29(25,28-4-2)14-16-10-11-23-17(12-16)22-18(19(23)21)20(24)26-13-15-8-6-5-7-9-15;17-9-12-6-7-20-13(8-12)19-14(15(20)18)16(21)22-10-11-4-2-1-3-5-11;1-12-7-8-18-10-14(17-15(18)9-12)16(19)20-11-13-5-3-2-4-6-13;1-3-21-23(20,22-4-2)13(14,15)9-5-6-17-8-10(12(18)19)16-11(17)7-9;1-6-2-3-11-5-7(9(12)13)10-8(11)4-6;8-6-7-4-2-1-3-5-7;1-2/h5-12H,3-4,13H2,1-2H3;5-12H,3-4,13-14H2,1-2H3;1-8H,9-10H2;2-10H,11H2,1H3;8-9H,3-7H2,1-2H3,(H,18,19);2-5H,1H3,(H,12,13);1-5H,6H2;2H,1H3. The number of alkyl halides is 6. The number of hydrogen-bond donors (Lipinski definition) is 3. The number of imidazole rings is 6. The van der Waals surface area contributed by atoms with E-state index in [9.17, 15) is 51.2 Å². The van der Waals surface area contributed by atoms with Gasteiger partial charge < -0.3 is 74.8 Å². The summed E-state index contributed by atoms with van der Waals surface area (Å²) < 4.78 is 160. The zero-order chi connectivity index (χ0) is 107. The van der Waals surface area contributed by atoms with E-state index in [0.29, 0.717) is 45.1 Å². The normalized spacial score (nSPS) is 12.3. The van der Waals surface area contributed by atoms with Crippen LogP contribution in [0, 0.1) is 19.8 Å². The van der Waals surface area contributed by atoms with Crippen LogP contribution in [0.2, 0.25) is 0 Å². The SMILES string of the molecule is BrCc1ccccc1.CCOP(=O)(Cc1ccn2c(Br)c(C(=O)OCc3ccccc3)nc2c1)OCC.CCOP(=O)(OCC)C(F)(F)C1CCn2cc(C(=O)O)nc2C1.CCOP(=O)(OCC)C(F)(F)c1ccn2c(Br)c(C(=O)OCc3ccccc3)nc2c1.CO.Cc1ccn2cc(C(=O)O)nc2c1.Cc1ccn2cc(C(=O)OCc3ccccc3)nc2c1.O=C(OCc1ccccc1)c1nc2cc(CBr)ccn2c1Br. The predicted molar refractivity (Wildman–Crippen MR) is 564 cm³/mol. The number of aliphatic hydroxyl groups is 1. The average Bonchev–Trinajstić information content (AvgIpc) is 1.25. The van der Waals surface area contributed by atoms with E-state index >= 15 is 8.78 Å². The first-order valence-electron chi connectivity index (χ1n) is 45.8. The molecule has 148 heavy (non-hydrogen) atoms. The summed E-state index contributed by atoms with van der Waals surface area (Å²) in [6, 6.07) is 65.1. The number of pyridine rings is 5. The van der Waals surface area contributed by atoms with Crippen molar-refractivity contribution in [2.75, 3.05) is 46.8 Å². The van der Waals surface area contributed by atoms with Crippen molar-refractivity contribution in [2.45, 2.75) is 129 Å². The van der Waals surface area contributed by atoms with Crippen molar-refractivity contribution < 1.29 is 121 Å². The topological polar surface area (TPSA) is 411 Å². The first-order valence-corrected chi connectivity index (χ1v) is 55.2. The van der Waals surface area contributed by atoms with E-state index in [1.54, 1.807) is 65.5 Å². The number of rotatable bonds is 34. The second-order valence-corrected chi connectivity index (χ2v) is 41.2. The highest BCUT2D eigenvalue weighted by molar-refractivity contribution is 9.11. The fourth-order valence-electron chi connectivity index (χ4n) is 14.0. The van der Waals surface area contributed by atoms with Gasteiger partial charge in [-0.1, -0.05) is 184 Å². The van der Waals surface area contributed by atoms with Crippen molar-refractivity contribution in [3.05, 3.63) is 371 Å². The Balaban J connectivity index is 0.000000180. The quantitative estimate of drug-likeness (QED) is 0.0111. The maximum atomic E-state index is 15.0. The summed E-state index contributed by atoms with van der Waals surface area (Å²) in [5.74, 6) is -5.37. The van der Waals surface area contributed by atoms with E-state index in [1.807, 2.05) is 199 Å². The molecule has 1 atom stereocenters. The number of carboxylic acid groups (broad SMARTS) is 2. The number of aliphatic hydroxyl groups excluding tert-OH is 1. The highest BCUT2D eigenvalue weighted by atomic mass is 79.9. The molecule has 3 N–H and O–H groups in total. The lowest BCUT2D eigenvalue weighted by atomic mass is 9.98. The third-order valence-corrected chi connectivity index (χ3v) is 31.1. The summed E-state index contributed by atoms with van der Waals surface area (Å²) in [7, 11) is -11.6. The summed E-state index contributed by atoms with van der Waals surface area (Å²) in [6.07, 6.45) is 13.0. The zero-order valence-electron chi connectivity index (χ0n) is 81.4. The van der Waals surface area contributed by atoms with Gasteiger partial charge in [-0.05, 0) is 220 Å². The molecule has 0 amide bonds. The number of benzene rings is 5. The van der Waals surface area contributed by atoms with Gasteiger partial charge in [0.1, 0.15) is 74.3 Å². The lowest BCUT2D eigenvalue weighted by Crippen LogP contribution is -2.36. The average molecular weight is 2420 g/mol. The molecular formula is C102H106Br5F4N12O22P3. The third kappa shape index (κ3) is 31.9. The molecule has 12 heterocycles. The minimum absolute atomic E-state index is 0.0273. The highest BCUT2D eigenvalue weighted by Crippen LogP contribution is 2.68. The number of nitrogens with zero attached hydrogens (tertiary/aromatic N) is 12. The molecule has 34 nitrogen and oxygen atoms in total. The Hall–Kier alpha value is -11.9.